The second kappa shape index (κ2) is 7.52. The number of hydrogen-bond acceptors (Lipinski definition) is 5. The molecule has 1 aliphatic rings. The van der Waals surface area contributed by atoms with Gasteiger partial charge in [-0.05, 0) is 35.4 Å². The van der Waals surface area contributed by atoms with Crippen molar-refractivity contribution in [2.75, 3.05) is 11.9 Å². The van der Waals surface area contributed by atoms with E-state index in [0.717, 1.165) is 15.7 Å². The van der Waals surface area contributed by atoms with Crippen LogP contribution in [0.3, 0.4) is 0 Å². The molecule has 9 nitrogen and oxygen atoms in total. The number of benzene rings is 3. The largest absolute Gasteiger partial charge is 0.325 e. The van der Waals surface area contributed by atoms with Crippen molar-refractivity contribution in [2.24, 2.45) is 0 Å². The molecule has 0 saturated carbocycles. The Labute approximate surface area is 176 Å². The maximum absolute atomic E-state index is 13.0. The lowest BCUT2D eigenvalue weighted by Crippen LogP contribution is -2.42. The first kappa shape index (κ1) is 20.0. The van der Waals surface area contributed by atoms with Gasteiger partial charge in [-0.3, -0.25) is 24.6 Å². The molecule has 3 aromatic carbocycles. The number of nitrogens with zero attached hydrogens (tertiary/aromatic N) is 2. The zero-order valence-electron chi connectivity index (χ0n) is 16.5. The lowest BCUT2D eigenvalue weighted by Gasteiger charge is -2.22. The van der Waals surface area contributed by atoms with Crippen LogP contribution in [0.5, 0.6) is 0 Å². The van der Waals surface area contributed by atoms with Gasteiger partial charge in [-0.2, -0.15) is 0 Å². The number of carbonyl (C=O) groups excluding carboxylic acids is 3. The lowest BCUT2D eigenvalue weighted by molar-refractivity contribution is -0.385. The van der Waals surface area contributed by atoms with Gasteiger partial charge in [0.25, 0.3) is 11.6 Å². The minimum Gasteiger partial charge on any atom is -0.325 e. The molecule has 1 fully saturated rings. The number of imide groups is 1. The van der Waals surface area contributed by atoms with Gasteiger partial charge in [-0.1, -0.05) is 42.5 Å². The van der Waals surface area contributed by atoms with E-state index in [1.807, 2.05) is 30.3 Å². The summed E-state index contributed by atoms with van der Waals surface area (Å²) in [5.74, 6) is -1.20. The van der Waals surface area contributed by atoms with Gasteiger partial charge in [0.05, 0.1) is 4.92 Å². The second-order valence-corrected chi connectivity index (χ2v) is 7.36. The Bertz CT molecular complexity index is 1240. The Morgan fingerprint density at radius 3 is 2.55 bits per heavy atom. The van der Waals surface area contributed by atoms with E-state index < -0.39 is 34.9 Å². The topological polar surface area (TPSA) is 122 Å². The lowest BCUT2D eigenvalue weighted by atomic mass is 9.91. The van der Waals surface area contributed by atoms with Crippen molar-refractivity contribution < 1.29 is 19.3 Å². The van der Waals surface area contributed by atoms with Gasteiger partial charge in [0.2, 0.25) is 5.91 Å². The number of hydrogen-bond donors (Lipinski definition) is 2. The molecule has 0 aliphatic carbocycles. The van der Waals surface area contributed by atoms with E-state index >= 15 is 0 Å². The molecule has 4 rings (SSSR count). The summed E-state index contributed by atoms with van der Waals surface area (Å²) >= 11 is 0. The highest BCUT2D eigenvalue weighted by Crippen LogP contribution is 2.31. The van der Waals surface area contributed by atoms with Crippen LogP contribution in [0.2, 0.25) is 0 Å². The molecule has 0 aromatic heterocycles. The van der Waals surface area contributed by atoms with Gasteiger partial charge >= 0.3 is 6.03 Å². The summed E-state index contributed by atoms with van der Waals surface area (Å²) in [4.78, 5) is 49.2. The first-order valence-corrected chi connectivity index (χ1v) is 9.45. The summed E-state index contributed by atoms with van der Waals surface area (Å²) in [5.41, 5.74) is -0.908. The first-order chi connectivity index (χ1) is 14.8. The third kappa shape index (κ3) is 3.68. The van der Waals surface area contributed by atoms with Gasteiger partial charge in [0.15, 0.2) is 0 Å². The van der Waals surface area contributed by atoms with Crippen LogP contribution in [0.25, 0.3) is 10.8 Å². The fraction of sp³-hybridized carbons (Fsp3) is 0.136. The fourth-order valence-electron chi connectivity index (χ4n) is 3.58. The molecule has 3 aromatic rings. The number of nitrogens with one attached hydrogen (secondary N) is 2. The molecule has 0 bridgehead atoms. The summed E-state index contributed by atoms with van der Waals surface area (Å²) < 4.78 is 0. The predicted octanol–water partition coefficient (Wildman–Crippen LogP) is 3.15. The van der Waals surface area contributed by atoms with Crippen LogP contribution in [0.4, 0.5) is 16.2 Å². The molecule has 1 atom stereocenters. The Morgan fingerprint density at radius 2 is 1.81 bits per heavy atom. The number of amides is 4. The molecule has 4 amide bonds. The zero-order valence-corrected chi connectivity index (χ0v) is 16.5. The molecule has 2 N–H and O–H groups in total. The van der Waals surface area contributed by atoms with E-state index in [1.54, 1.807) is 12.1 Å². The van der Waals surface area contributed by atoms with Gasteiger partial charge in [0, 0.05) is 17.8 Å². The maximum Gasteiger partial charge on any atom is 0.325 e. The van der Waals surface area contributed by atoms with E-state index in [9.17, 15) is 24.5 Å². The Balaban J connectivity index is 1.51. The average Bonchev–Trinajstić information content (AvgIpc) is 2.97. The number of carbonyl (C=O) groups is 3. The SMILES string of the molecule is CC1(c2cccc([N+](=O)[O-])c2)NC(=O)N(CC(=O)Nc2ccc3ccccc3c2)C1=O. The van der Waals surface area contributed by atoms with Crippen molar-refractivity contribution in [3.8, 4) is 0 Å². The number of fused-ring (bicyclic) bond motifs is 1. The van der Waals surface area contributed by atoms with Gasteiger partial charge in [-0.25, -0.2) is 4.79 Å². The summed E-state index contributed by atoms with van der Waals surface area (Å²) in [6, 6.07) is 17.8. The zero-order chi connectivity index (χ0) is 22.2. The molecule has 1 heterocycles. The molecule has 0 spiro atoms. The van der Waals surface area contributed by atoms with Crippen molar-refractivity contribution in [2.45, 2.75) is 12.5 Å². The molecular weight excluding hydrogens is 400 g/mol. The highest BCUT2D eigenvalue weighted by Gasteiger charge is 2.49. The molecule has 31 heavy (non-hydrogen) atoms. The van der Waals surface area contributed by atoms with Crippen molar-refractivity contribution in [3.05, 3.63) is 82.4 Å². The number of rotatable bonds is 5. The van der Waals surface area contributed by atoms with E-state index in [-0.39, 0.29) is 11.3 Å². The second-order valence-electron chi connectivity index (χ2n) is 7.36. The standard InChI is InChI=1S/C22H18N4O5/c1-22(16-7-4-8-18(12-16)26(30)31)20(28)25(21(29)24-22)13-19(27)23-17-10-9-14-5-2-3-6-15(14)11-17/h2-12H,13H2,1H3,(H,23,27)(H,24,29). The fourth-order valence-corrected chi connectivity index (χ4v) is 3.58. The van der Waals surface area contributed by atoms with E-state index in [0.29, 0.717) is 5.69 Å². The Kier molecular flexibility index (Phi) is 4.86. The average molecular weight is 418 g/mol. The maximum atomic E-state index is 13.0. The van der Waals surface area contributed by atoms with Crippen LogP contribution in [-0.2, 0) is 15.1 Å². The van der Waals surface area contributed by atoms with Crippen molar-refractivity contribution >= 4 is 40.0 Å². The third-order valence-corrected chi connectivity index (χ3v) is 5.24. The first-order valence-electron chi connectivity index (χ1n) is 9.45. The van der Waals surface area contributed by atoms with Crippen LogP contribution in [0.15, 0.2) is 66.7 Å². The van der Waals surface area contributed by atoms with Crippen LogP contribution in [-0.4, -0.2) is 34.2 Å². The summed E-state index contributed by atoms with van der Waals surface area (Å²) in [6.07, 6.45) is 0. The van der Waals surface area contributed by atoms with Crippen molar-refractivity contribution in [1.29, 1.82) is 0 Å². The normalized spacial score (nSPS) is 18.2. The van der Waals surface area contributed by atoms with E-state index in [1.165, 1.54) is 31.2 Å². The highest BCUT2D eigenvalue weighted by atomic mass is 16.6. The summed E-state index contributed by atoms with van der Waals surface area (Å²) in [6.45, 7) is 0.968. The smallest absolute Gasteiger partial charge is 0.325 e. The molecule has 1 aliphatic heterocycles. The number of nitro groups is 1. The molecule has 9 heteroatoms. The highest BCUT2D eigenvalue weighted by molar-refractivity contribution is 6.10. The predicted molar refractivity (Wildman–Crippen MR) is 113 cm³/mol. The summed E-state index contributed by atoms with van der Waals surface area (Å²) in [5, 5.41) is 18.2. The minimum absolute atomic E-state index is 0.201. The van der Waals surface area contributed by atoms with Crippen molar-refractivity contribution in [3.63, 3.8) is 0 Å². The number of anilines is 1. The van der Waals surface area contributed by atoms with Crippen molar-refractivity contribution in [1.82, 2.24) is 10.2 Å². The Hall–Kier alpha value is -4.27. The minimum atomic E-state index is -1.51. The molecule has 0 radical (unpaired) electrons. The van der Waals surface area contributed by atoms with Gasteiger partial charge < -0.3 is 10.6 Å². The van der Waals surface area contributed by atoms with E-state index in [2.05, 4.69) is 10.6 Å². The number of urea groups is 1. The quantitative estimate of drug-likeness (QED) is 0.374. The van der Waals surface area contributed by atoms with Gasteiger partial charge in [-0.15, -0.1) is 0 Å². The number of non-ortho nitro benzene ring substituents is 1. The van der Waals surface area contributed by atoms with Crippen LogP contribution >= 0.6 is 0 Å². The molecule has 1 saturated heterocycles. The van der Waals surface area contributed by atoms with Crippen LogP contribution in [0, 0.1) is 10.1 Å². The molecule has 156 valence electrons. The van der Waals surface area contributed by atoms with Crippen LogP contribution in [0.1, 0.15) is 12.5 Å². The summed E-state index contributed by atoms with van der Waals surface area (Å²) in [7, 11) is 0. The monoisotopic (exact) mass is 418 g/mol. The van der Waals surface area contributed by atoms with E-state index in [4.69, 9.17) is 0 Å². The molecule has 1 unspecified atom stereocenters. The van der Waals surface area contributed by atoms with Gasteiger partial charge in [0.1, 0.15) is 12.1 Å². The molecular formula is C22H18N4O5. The van der Waals surface area contributed by atoms with Crippen LogP contribution < -0.4 is 10.6 Å². The Morgan fingerprint density at radius 1 is 1.06 bits per heavy atom. The number of nitro benzene ring substituents is 1. The third-order valence-electron chi connectivity index (χ3n) is 5.24.